The molecule has 2 aromatic carbocycles. The first-order valence-corrected chi connectivity index (χ1v) is 7.54. The van der Waals surface area contributed by atoms with E-state index in [1.54, 1.807) is 0 Å². The van der Waals surface area contributed by atoms with Crippen LogP contribution in [0, 0.1) is 11.6 Å². The van der Waals surface area contributed by atoms with Crippen molar-refractivity contribution in [2.45, 2.75) is 25.0 Å². The number of hydrogen-bond acceptors (Lipinski definition) is 2. The van der Waals surface area contributed by atoms with Crippen LogP contribution in [0.3, 0.4) is 0 Å². The summed E-state index contributed by atoms with van der Waals surface area (Å²) in [5.74, 6) is -0.875. The van der Waals surface area contributed by atoms with Crippen molar-refractivity contribution in [1.29, 1.82) is 0 Å². The van der Waals surface area contributed by atoms with Crippen LogP contribution in [-0.4, -0.2) is 19.2 Å². The number of halogens is 2. The van der Waals surface area contributed by atoms with Crippen molar-refractivity contribution in [3.8, 4) is 0 Å². The molecule has 116 valence electrons. The number of ether oxygens (including phenoxy) is 1. The van der Waals surface area contributed by atoms with E-state index in [9.17, 15) is 8.78 Å². The molecule has 2 unspecified atom stereocenters. The molecule has 1 N–H and O–H groups in total. The largest absolute Gasteiger partial charge is 0.373 e. The standard InChI is InChI=1S/C18H19F2NO/c19-15-8-13(9-16(20)10-15)12-22-18-6-7-21-11-17(18)14-4-2-1-3-5-14/h1-5,8-10,17-18,21H,6-7,11-12H2. The maximum Gasteiger partial charge on any atom is 0.126 e. The van der Waals surface area contributed by atoms with E-state index in [0.29, 0.717) is 5.56 Å². The van der Waals surface area contributed by atoms with E-state index in [4.69, 9.17) is 4.74 Å². The smallest absolute Gasteiger partial charge is 0.126 e. The molecule has 0 aliphatic carbocycles. The van der Waals surface area contributed by atoms with Crippen molar-refractivity contribution in [3.05, 3.63) is 71.3 Å². The predicted octanol–water partition coefficient (Wildman–Crippen LogP) is 3.63. The van der Waals surface area contributed by atoms with Crippen LogP contribution >= 0.6 is 0 Å². The molecule has 2 atom stereocenters. The molecule has 1 aliphatic heterocycles. The van der Waals surface area contributed by atoms with Gasteiger partial charge in [-0.15, -0.1) is 0 Å². The van der Waals surface area contributed by atoms with Crippen LogP contribution in [0.25, 0.3) is 0 Å². The SMILES string of the molecule is Fc1cc(F)cc(COC2CCNCC2c2ccccc2)c1. The van der Waals surface area contributed by atoms with E-state index < -0.39 is 11.6 Å². The number of piperidine rings is 1. The van der Waals surface area contributed by atoms with E-state index in [0.717, 1.165) is 25.6 Å². The lowest BCUT2D eigenvalue weighted by Gasteiger charge is -2.32. The molecule has 0 aromatic heterocycles. The lowest BCUT2D eigenvalue weighted by atomic mass is 9.89. The van der Waals surface area contributed by atoms with Gasteiger partial charge < -0.3 is 10.1 Å². The zero-order valence-electron chi connectivity index (χ0n) is 12.3. The fraction of sp³-hybridized carbons (Fsp3) is 0.333. The third kappa shape index (κ3) is 3.70. The van der Waals surface area contributed by atoms with Crippen LogP contribution in [0.15, 0.2) is 48.5 Å². The van der Waals surface area contributed by atoms with Crippen molar-refractivity contribution in [2.24, 2.45) is 0 Å². The Balaban J connectivity index is 1.69. The van der Waals surface area contributed by atoms with E-state index in [-0.39, 0.29) is 18.6 Å². The van der Waals surface area contributed by atoms with Gasteiger partial charge in [-0.1, -0.05) is 30.3 Å². The molecule has 1 saturated heterocycles. The van der Waals surface area contributed by atoms with Crippen LogP contribution in [0.2, 0.25) is 0 Å². The summed E-state index contributed by atoms with van der Waals surface area (Å²) >= 11 is 0. The van der Waals surface area contributed by atoms with Gasteiger partial charge in [0.25, 0.3) is 0 Å². The second-order valence-corrected chi connectivity index (χ2v) is 5.64. The van der Waals surface area contributed by atoms with Crippen molar-refractivity contribution in [3.63, 3.8) is 0 Å². The highest BCUT2D eigenvalue weighted by molar-refractivity contribution is 5.22. The van der Waals surface area contributed by atoms with Crippen LogP contribution < -0.4 is 5.32 Å². The molecular weight excluding hydrogens is 284 g/mol. The Hall–Kier alpha value is -1.78. The summed E-state index contributed by atoms with van der Waals surface area (Å²) in [6.45, 7) is 1.97. The first kappa shape index (κ1) is 15.1. The highest BCUT2D eigenvalue weighted by Gasteiger charge is 2.27. The van der Waals surface area contributed by atoms with E-state index in [1.165, 1.54) is 17.7 Å². The molecule has 0 radical (unpaired) electrons. The summed E-state index contributed by atoms with van der Waals surface area (Å²) in [6, 6.07) is 13.7. The van der Waals surface area contributed by atoms with Crippen LogP contribution in [0.1, 0.15) is 23.5 Å². The van der Waals surface area contributed by atoms with Crippen LogP contribution in [-0.2, 0) is 11.3 Å². The molecule has 0 spiro atoms. The van der Waals surface area contributed by atoms with Gasteiger partial charge in [-0.05, 0) is 36.2 Å². The minimum atomic E-state index is -0.566. The van der Waals surface area contributed by atoms with Crippen LogP contribution in [0.4, 0.5) is 8.78 Å². The highest BCUT2D eigenvalue weighted by Crippen LogP contribution is 2.27. The summed E-state index contributed by atoms with van der Waals surface area (Å²) in [6.07, 6.45) is 0.937. The Morgan fingerprint density at radius 1 is 1.05 bits per heavy atom. The fourth-order valence-corrected chi connectivity index (χ4v) is 2.96. The molecule has 1 aliphatic rings. The molecule has 0 bridgehead atoms. The molecule has 2 nitrogen and oxygen atoms in total. The summed E-state index contributed by atoms with van der Waals surface area (Å²) < 4.78 is 32.4. The quantitative estimate of drug-likeness (QED) is 0.931. The normalized spacial score (nSPS) is 21.7. The third-order valence-corrected chi connectivity index (χ3v) is 4.03. The van der Waals surface area contributed by atoms with Crippen molar-refractivity contribution >= 4 is 0 Å². The van der Waals surface area contributed by atoms with Gasteiger partial charge >= 0.3 is 0 Å². The second kappa shape index (κ2) is 6.99. The highest BCUT2D eigenvalue weighted by atomic mass is 19.1. The van der Waals surface area contributed by atoms with E-state index in [1.807, 2.05) is 18.2 Å². The fourth-order valence-electron chi connectivity index (χ4n) is 2.96. The monoisotopic (exact) mass is 303 g/mol. The number of nitrogens with one attached hydrogen (secondary N) is 1. The van der Waals surface area contributed by atoms with Gasteiger partial charge in [0.05, 0.1) is 12.7 Å². The third-order valence-electron chi connectivity index (χ3n) is 4.03. The van der Waals surface area contributed by atoms with Gasteiger partial charge in [-0.2, -0.15) is 0 Å². The van der Waals surface area contributed by atoms with Gasteiger partial charge in [-0.25, -0.2) is 8.78 Å². The predicted molar refractivity (Wildman–Crippen MR) is 81.6 cm³/mol. The number of benzene rings is 2. The average molecular weight is 303 g/mol. The molecule has 1 heterocycles. The Morgan fingerprint density at radius 2 is 1.77 bits per heavy atom. The molecule has 3 rings (SSSR count). The summed E-state index contributed by atoms with van der Waals surface area (Å²) in [5.41, 5.74) is 1.76. The van der Waals surface area contributed by atoms with Gasteiger partial charge in [-0.3, -0.25) is 0 Å². The minimum absolute atomic E-state index is 0.0509. The first-order valence-electron chi connectivity index (χ1n) is 7.54. The molecular formula is C18H19F2NO. The molecule has 4 heteroatoms. The van der Waals surface area contributed by atoms with E-state index >= 15 is 0 Å². The maximum absolute atomic E-state index is 13.2. The Labute approximate surface area is 129 Å². The van der Waals surface area contributed by atoms with Crippen LogP contribution in [0.5, 0.6) is 0 Å². The van der Waals surface area contributed by atoms with E-state index in [2.05, 4.69) is 17.4 Å². The Bertz CT molecular complexity index is 597. The van der Waals surface area contributed by atoms with Gasteiger partial charge in [0.2, 0.25) is 0 Å². The maximum atomic E-state index is 13.2. The molecule has 2 aromatic rings. The lowest BCUT2D eigenvalue weighted by Crippen LogP contribution is -2.39. The molecule has 22 heavy (non-hydrogen) atoms. The van der Waals surface area contributed by atoms with Gasteiger partial charge in [0.15, 0.2) is 0 Å². The average Bonchev–Trinajstić information content (AvgIpc) is 2.53. The summed E-state index contributed by atoms with van der Waals surface area (Å²) in [5, 5.41) is 3.38. The lowest BCUT2D eigenvalue weighted by molar-refractivity contribution is 0.00672. The van der Waals surface area contributed by atoms with Crippen molar-refractivity contribution in [1.82, 2.24) is 5.32 Å². The number of rotatable bonds is 4. The molecule has 1 fully saturated rings. The zero-order chi connectivity index (χ0) is 15.4. The van der Waals surface area contributed by atoms with Crippen molar-refractivity contribution in [2.75, 3.05) is 13.1 Å². The first-order chi connectivity index (χ1) is 10.7. The molecule has 0 saturated carbocycles. The second-order valence-electron chi connectivity index (χ2n) is 5.64. The van der Waals surface area contributed by atoms with Crippen molar-refractivity contribution < 1.29 is 13.5 Å². The zero-order valence-corrected chi connectivity index (χ0v) is 12.3. The van der Waals surface area contributed by atoms with Gasteiger partial charge in [0, 0.05) is 18.5 Å². The molecule has 0 amide bonds. The Morgan fingerprint density at radius 3 is 2.50 bits per heavy atom. The number of hydrogen-bond donors (Lipinski definition) is 1. The summed E-state index contributed by atoms with van der Waals surface area (Å²) in [7, 11) is 0. The van der Waals surface area contributed by atoms with Gasteiger partial charge in [0.1, 0.15) is 11.6 Å². The summed E-state index contributed by atoms with van der Waals surface area (Å²) in [4.78, 5) is 0. The minimum Gasteiger partial charge on any atom is -0.373 e. The Kier molecular flexibility index (Phi) is 4.80. The topological polar surface area (TPSA) is 21.3 Å².